The summed E-state index contributed by atoms with van der Waals surface area (Å²) in [4.78, 5) is 11.6. The first-order chi connectivity index (χ1) is 7.25. The molecule has 3 heteroatoms. The molecule has 2 aliphatic rings. The van der Waals surface area contributed by atoms with E-state index < -0.39 is 0 Å². The number of nitrogens with one attached hydrogen (secondary N) is 1. The van der Waals surface area contributed by atoms with Crippen molar-refractivity contribution in [1.29, 1.82) is 0 Å². The second-order valence-corrected chi connectivity index (χ2v) is 5.01. The van der Waals surface area contributed by atoms with E-state index in [0.29, 0.717) is 6.42 Å². The number of hydrogen-bond donors (Lipinski definition) is 2. The van der Waals surface area contributed by atoms with Crippen molar-refractivity contribution in [2.24, 2.45) is 5.92 Å². The average molecular weight is 211 g/mol. The molecule has 2 N–H and O–H groups in total. The predicted octanol–water partition coefficient (Wildman–Crippen LogP) is 1.60. The molecule has 15 heavy (non-hydrogen) atoms. The molecule has 2 rings (SSSR count). The van der Waals surface area contributed by atoms with Crippen molar-refractivity contribution in [3.63, 3.8) is 0 Å². The first-order valence-electron chi connectivity index (χ1n) is 6.23. The first-order valence-corrected chi connectivity index (χ1v) is 6.23. The van der Waals surface area contributed by atoms with E-state index in [2.05, 4.69) is 5.32 Å². The molecule has 0 heterocycles. The maximum atomic E-state index is 11.6. The fraction of sp³-hybridized carbons (Fsp3) is 0.917. The lowest BCUT2D eigenvalue weighted by molar-refractivity contribution is -0.123. The maximum Gasteiger partial charge on any atom is 0.220 e. The second kappa shape index (κ2) is 4.97. The molecule has 2 fully saturated rings. The topological polar surface area (TPSA) is 49.3 Å². The number of hydrogen-bond acceptors (Lipinski definition) is 2. The normalized spacial score (nSPS) is 31.3. The summed E-state index contributed by atoms with van der Waals surface area (Å²) >= 11 is 0. The van der Waals surface area contributed by atoms with Crippen molar-refractivity contribution in [2.45, 2.75) is 63.5 Å². The van der Waals surface area contributed by atoms with Crippen LogP contribution in [-0.2, 0) is 4.79 Å². The Morgan fingerprint density at radius 2 is 1.93 bits per heavy atom. The van der Waals surface area contributed by atoms with Gasteiger partial charge < -0.3 is 10.4 Å². The van der Waals surface area contributed by atoms with Crippen LogP contribution in [0.4, 0.5) is 0 Å². The molecule has 0 aliphatic heterocycles. The zero-order valence-corrected chi connectivity index (χ0v) is 9.24. The van der Waals surface area contributed by atoms with E-state index in [4.69, 9.17) is 0 Å². The fourth-order valence-electron chi connectivity index (χ4n) is 2.30. The van der Waals surface area contributed by atoms with E-state index in [-0.39, 0.29) is 18.1 Å². The number of aliphatic hydroxyl groups is 1. The lowest BCUT2D eigenvalue weighted by Crippen LogP contribution is -2.45. The lowest BCUT2D eigenvalue weighted by atomic mass is 9.92. The van der Waals surface area contributed by atoms with Crippen LogP contribution in [-0.4, -0.2) is 23.2 Å². The zero-order valence-electron chi connectivity index (χ0n) is 9.24. The van der Waals surface area contributed by atoms with Crippen LogP contribution < -0.4 is 5.32 Å². The number of amides is 1. The minimum Gasteiger partial charge on any atom is -0.391 e. The summed E-state index contributed by atoms with van der Waals surface area (Å²) in [5.41, 5.74) is 0. The van der Waals surface area contributed by atoms with Crippen LogP contribution in [0.1, 0.15) is 51.4 Å². The van der Waals surface area contributed by atoms with Gasteiger partial charge in [0.2, 0.25) is 5.91 Å². The van der Waals surface area contributed by atoms with Crippen LogP contribution in [0, 0.1) is 5.92 Å². The second-order valence-electron chi connectivity index (χ2n) is 5.01. The molecule has 0 saturated heterocycles. The third kappa shape index (κ3) is 3.49. The van der Waals surface area contributed by atoms with Crippen molar-refractivity contribution in [1.82, 2.24) is 5.32 Å². The van der Waals surface area contributed by atoms with Crippen LogP contribution in [0.5, 0.6) is 0 Å². The van der Waals surface area contributed by atoms with Crippen molar-refractivity contribution in [3.05, 3.63) is 0 Å². The van der Waals surface area contributed by atoms with Gasteiger partial charge in [0.1, 0.15) is 0 Å². The highest BCUT2D eigenvalue weighted by atomic mass is 16.3. The highest BCUT2D eigenvalue weighted by Gasteiger charge is 2.26. The molecule has 2 saturated carbocycles. The van der Waals surface area contributed by atoms with Gasteiger partial charge >= 0.3 is 0 Å². The molecule has 0 radical (unpaired) electrons. The highest BCUT2D eigenvalue weighted by Crippen LogP contribution is 2.33. The third-order valence-corrected chi connectivity index (χ3v) is 3.55. The van der Waals surface area contributed by atoms with Gasteiger partial charge in [-0.25, -0.2) is 0 Å². The van der Waals surface area contributed by atoms with E-state index in [0.717, 1.165) is 38.0 Å². The van der Waals surface area contributed by atoms with Crippen molar-refractivity contribution >= 4 is 5.91 Å². The van der Waals surface area contributed by atoms with Gasteiger partial charge in [-0.1, -0.05) is 25.7 Å². The number of aliphatic hydroxyl groups excluding tert-OH is 1. The summed E-state index contributed by atoms with van der Waals surface area (Å²) < 4.78 is 0. The van der Waals surface area contributed by atoms with Crippen LogP contribution in [0.2, 0.25) is 0 Å². The largest absolute Gasteiger partial charge is 0.391 e. The Morgan fingerprint density at radius 3 is 2.60 bits per heavy atom. The van der Waals surface area contributed by atoms with E-state index >= 15 is 0 Å². The first kappa shape index (κ1) is 10.9. The van der Waals surface area contributed by atoms with Gasteiger partial charge in [-0.15, -0.1) is 0 Å². The van der Waals surface area contributed by atoms with Crippen LogP contribution in [0.3, 0.4) is 0 Å². The summed E-state index contributed by atoms with van der Waals surface area (Å²) in [6.45, 7) is 0. The molecular formula is C12H21NO2. The minimum absolute atomic E-state index is 0.0189. The van der Waals surface area contributed by atoms with Crippen molar-refractivity contribution in [2.75, 3.05) is 0 Å². The molecular weight excluding hydrogens is 190 g/mol. The molecule has 2 aliphatic carbocycles. The summed E-state index contributed by atoms with van der Waals surface area (Å²) in [6, 6.07) is 0.0189. The third-order valence-electron chi connectivity index (χ3n) is 3.55. The van der Waals surface area contributed by atoms with Crippen molar-refractivity contribution in [3.8, 4) is 0 Å². The Balaban J connectivity index is 1.66. The maximum absolute atomic E-state index is 11.6. The van der Waals surface area contributed by atoms with Crippen LogP contribution in [0.15, 0.2) is 0 Å². The Bertz CT molecular complexity index is 226. The van der Waals surface area contributed by atoms with Gasteiger partial charge in [-0.2, -0.15) is 0 Å². The minimum atomic E-state index is -0.316. The summed E-state index contributed by atoms with van der Waals surface area (Å²) in [5, 5.41) is 12.7. The fourth-order valence-corrected chi connectivity index (χ4v) is 2.30. The van der Waals surface area contributed by atoms with E-state index in [9.17, 15) is 9.90 Å². The monoisotopic (exact) mass is 211 g/mol. The average Bonchev–Trinajstić information content (AvgIpc) is 3.02. The zero-order chi connectivity index (χ0) is 10.7. The smallest absolute Gasteiger partial charge is 0.220 e. The Hall–Kier alpha value is -0.570. The molecule has 2 unspecified atom stereocenters. The lowest BCUT2D eigenvalue weighted by Gasteiger charge is -2.28. The quantitative estimate of drug-likeness (QED) is 0.742. The summed E-state index contributed by atoms with van der Waals surface area (Å²) in [5.74, 6) is 0.944. The molecule has 0 aromatic rings. The Labute approximate surface area is 91.2 Å². The predicted molar refractivity (Wildman–Crippen MR) is 58.4 cm³/mol. The van der Waals surface area contributed by atoms with Gasteiger partial charge in [0.15, 0.2) is 0 Å². The van der Waals surface area contributed by atoms with Crippen LogP contribution in [0.25, 0.3) is 0 Å². The number of carbonyl (C=O) groups is 1. The molecule has 86 valence electrons. The molecule has 1 amide bonds. The molecule has 0 spiro atoms. The van der Waals surface area contributed by atoms with Crippen LogP contribution >= 0.6 is 0 Å². The van der Waals surface area contributed by atoms with Gasteiger partial charge in [0.05, 0.1) is 12.1 Å². The standard InChI is InChI=1S/C12H21NO2/c14-11-4-2-1-3-10(11)13-12(15)8-7-9-5-6-9/h9-11,14H,1-8H2,(H,13,15). The molecule has 0 aromatic carbocycles. The molecule has 0 bridgehead atoms. The number of carbonyl (C=O) groups excluding carboxylic acids is 1. The van der Waals surface area contributed by atoms with Gasteiger partial charge in [0, 0.05) is 6.42 Å². The van der Waals surface area contributed by atoms with Gasteiger partial charge in [-0.3, -0.25) is 4.79 Å². The SMILES string of the molecule is O=C(CCC1CC1)NC1CCCCC1O. The number of rotatable bonds is 4. The molecule has 0 aromatic heterocycles. The summed E-state index contributed by atoms with van der Waals surface area (Å²) in [7, 11) is 0. The van der Waals surface area contributed by atoms with E-state index in [1.54, 1.807) is 0 Å². The Morgan fingerprint density at radius 1 is 1.20 bits per heavy atom. The van der Waals surface area contributed by atoms with Crippen molar-refractivity contribution < 1.29 is 9.90 Å². The van der Waals surface area contributed by atoms with E-state index in [1.165, 1.54) is 12.8 Å². The molecule has 3 nitrogen and oxygen atoms in total. The highest BCUT2D eigenvalue weighted by molar-refractivity contribution is 5.76. The van der Waals surface area contributed by atoms with Gasteiger partial charge in [-0.05, 0) is 25.2 Å². The van der Waals surface area contributed by atoms with Gasteiger partial charge in [0.25, 0.3) is 0 Å². The van der Waals surface area contributed by atoms with E-state index in [1.807, 2.05) is 0 Å². The Kier molecular flexibility index (Phi) is 3.62. The molecule has 2 atom stereocenters. The summed E-state index contributed by atoms with van der Waals surface area (Å²) in [6.07, 6.45) is 7.98.